The first-order chi connectivity index (χ1) is 9.65. The van der Waals surface area contributed by atoms with Crippen LogP contribution < -0.4 is 5.32 Å². The van der Waals surface area contributed by atoms with Crippen molar-refractivity contribution in [1.82, 2.24) is 5.32 Å². The molecule has 1 amide bonds. The zero-order valence-electron chi connectivity index (χ0n) is 11.2. The third kappa shape index (κ3) is 4.38. The summed E-state index contributed by atoms with van der Waals surface area (Å²) in [6, 6.07) is 15.9. The Labute approximate surface area is 122 Å². The maximum absolute atomic E-state index is 12.8. The van der Waals surface area contributed by atoms with Gasteiger partial charge >= 0.3 is 0 Å². The van der Waals surface area contributed by atoms with Crippen LogP contribution in [0.3, 0.4) is 0 Å². The second-order valence-electron chi connectivity index (χ2n) is 4.42. The van der Waals surface area contributed by atoms with E-state index in [9.17, 15) is 9.18 Å². The van der Waals surface area contributed by atoms with Crippen LogP contribution in [0.1, 0.15) is 12.5 Å². The molecule has 0 aromatic heterocycles. The summed E-state index contributed by atoms with van der Waals surface area (Å²) in [7, 11) is 0. The van der Waals surface area contributed by atoms with Crippen LogP contribution in [0.4, 0.5) is 4.39 Å². The van der Waals surface area contributed by atoms with Crippen molar-refractivity contribution < 1.29 is 9.18 Å². The van der Waals surface area contributed by atoms with E-state index in [1.807, 2.05) is 37.3 Å². The van der Waals surface area contributed by atoms with Crippen molar-refractivity contribution in [3.63, 3.8) is 0 Å². The number of hydrogen-bond acceptors (Lipinski definition) is 2. The monoisotopic (exact) mass is 289 g/mol. The molecule has 2 rings (SSSR count). The fourth-order valence-corrected chi connectivity index (χ4v) is 2.59. The lowest BCUT2D eigenvalue weighted by atomic mass is 10.2. The summed E-state index contributed by atoms with van der Waals surface area (Å²) in [6.45, 7) is 2.36. The van der Waals surface area contributed by atoms with Gasteiger partial charge in [0.1, 0.15) is 5.82 Å². The number of carbonyl (C=O) groups excluding carboxylic acids is 1. The van der Waals surface area contributed by atoms with Gasteiger partial charge in [0.2, 0.25) is 5.91 Å². The molecule has 0 spiro atoms. The van der Waals surface area contributed by atoms with Gasteiger partial charge in [-0.3, -0.25) is 4.79 Å². The molecule has 4 heteroatoms. The van der Waals surface area contributed by atoms with Gasteiger partial charge < -0.3 is 5.32 Å². The van der Waals surface area contributed by atoms with Gasteiger partial charge in [-0.2, -0.15) is 0 Å². The minimum atomic E-state index is -0.268. The van der Waals surface area contributed by atoms with E-state index in [4.69, 9.17) is 0 Å². The molecule has 0 aliphatic heterocycles. The van der Waals surface area contributed by atoms with Gasteiger partial charge in [0.05, 0.1) is 5.25 Å². The van der Waals surface area contributed by atoms with Crippen LogP contribution in [0.25, 0.3) is 0 Å². The standard InChI is InChI=1S/C16H16FNOS/c1-12(20-15-9-7-14(17)8-10-15)16(19)18-11-13-5-3-2-4-6-13/h2-10,12H,11H2,1H3,(H,18,19)/t12-/m1/s1. The largest absolute Gasteiger partial charge is 0.351 e. The SMILES string of the molecule is C[C@@H](Sc1ccc(F)cc1)C(=O)NCc1ccccc1. The minimum absolute atomic E-state index is 0.0248. The molecular weight excluding hydrogens is 273 g/mol. The summed E-state index contributed by atoms with van der Waals surface area (Å²) in [5.41, 5.74) is 1.07. The Hall–Kier alpha value is -1.81. The molecule has 0 unspecified atom stereocenters. The lowest BCUT2D eigenvalue weighted by molar-refractivity contribution is -0.120. The third-order valence-corrected chi connectivity index (χ3v) is 3.92. The highest BCUT2D eigenvalue weighted by Gasteiger charge is 2.13. The first kappa shape index (κ1) is 14.6. The van der Waals surface area contributed by atoms with Gasteiger partial charge in [-0.1, -0.05) is 30.3 Å². The van der Waals surface area contributed by atoms with Crippen molar-refractivity contribution in [2.75, 3.05) is 0 Å². The molecule has 0 saturated carbocycles. The first-order valence-corrected chi connectivity index (χ1v) is 7.27. The van der Waals surface area contributed by atoms with Crippen molar-refractivity contribution in [2.45, 2.75) is 23.6 Å². The van der Waals surface area contributed by atoms with E-state index >= 15 is 0 Å². The molecule has 1 atom stereocenters. The lowest BCUT2D eigenvalue weighted by Gasteiger charge is -2.12. The van der Waals surface area contributed by atoms with Gasteiger partial charge in [-0.05, 0) is 36.8 Å². The van der Waals surface area contributed by atoms with Crippen LogP contribution in [0.2, 0.25) is 0 Å². The summed E-state index contributed by atoms with van der Waals surface area (Å²) in [6.07, 6.45) is 0. The molecule has 2 nitrogen and oxygen atoms in total. The van der Waals surface area contributed by atoms with E-state index < -0.39 is 0 Å². The Morgan fingerprint density at radius 2 is 1.80 bits per heavy atom. The molecule has 2 aromatic rings. The predicted octanol–water partition coefficient (Wildman–Crippen LogP) is 3.62. The average Bonchev–Trinajstić information content (AvgIpc) is 2.48. The zero-order valence-corrected chi connectivity index (χ0v) is 12.0. The molecule has 0 bridgehead atoms. The Morgan fingerprint density at radius 3 is 2.45 bits per heavy atom. The highest BCUT2D eigenvalue weighted by Crippen LogP contribution is 2.23. The average molecular weight is 289 g/mol. The summed E-state index contributed by atoms with van der Waals surface area (Å²) in [4.78, 5) is 12.9. The zero-order chi connectivity index (χ0) is 14.4. The van der Waals surface area contributed by atoms with Crippen molar-refractivity contribution in [2.24, 2.45) is 0 Å². The smallest absolute Gasteiger partial charge is 0.233 e. The van der Waals surface area contributed by atoms with E-state index in [1.165, 1.54) is 23.9 Å². The Kier molecular flexibility index (Phi) is 5.18. The topological polar surface area (TPSA) is 29.1 Å². The number of hydrogen-bond donors (Lipinski definition) is 1. The van der Waals surface area contributed by atoms with Crippen LogP contribution in [-0.2, 0) is 11.3 Å². The molecule has 0 aliphatic carbocycles. The fourth-order valence-electron chi connectivity index (χ4n) is 1.70. The summed E-state index contributed by atoms with van der Waals surface area (Å²) in [5, 5.41) is 2.68. The van der Waals surface area contributed by atoms with Crippen molar-refractivity contribution >= 4 is 17.7 Å². The number of amides is 1. The van der Waals surface area contributed by atoms with Crippen molar-refractivity contribution in [1.29, 1.82) is 0 Å². The van der Waals surface area contributed by atoms with E-state index in [1.54, 1.807) is 12.1 Å². The molecule has 0 radical (unpaired) electrons. The predicted molar refractivity (Wildman–Crippen MR) is 80.0 cm³/mol. The van der Waals surface area contributed by atoms with E-state index in [2.05, 4.69) is 5.32 Å². The quantitative estimate of drug-likeness (QED) is 0.852. The summed E-state index contributed by atoms with van der Waals surface area (Å²) in [5.74, 6) is -0.293. The van der Waals surface area contributed by atoms with Crippen molar-refractivity contribution in [3.05, 3.63) is 66.0 Å². The number of halogens is 1. The molecule has 0 aliphatic rings. The lowest BCUT2D eigenvalue weighted by Crippen LogP contribution is -2.30. The van der Waals surface area contributed by atoms with Gasteiger partial charge in [0.25, 0.3) is 0 Å². The van der Waals surface area contributed by atoms with E-state index in [0.717, 1.165) is 10.5 Å². The van der Waals surface area contributed by atoms with Crippen molar-refractivity contribution in [3.8, 4) is 0 Å². The molecule has 1 N–H and O–H groups in total. The van der Waals surface area contributed by atoms with Gasteiger partial charge in [0.15, 0.2) is 0 Å². The van der Waals surface area contributed by atoms with Gasteiger partial charge in [-0.25, -0.2) is 4.39 Å². The number of benzene rings is 2. The molecular formula is C16H16FNOS. The minimum Gasteiger partial charge on any atom is -0.351 e. The maximum atomic E-state index is 12.8. The summed E-state index contributed by atoms with van der Waals surface area (Å²) < 4.78 is 12.8. The molecule has 2 aromatic carbocycles. The highest BCUT2D eigenvalue weighted by atomic mass is 32.2. The van der Waals surface area contributed by atoms with E-state index in [-0.39, 0.29) is 17.0 Å². The van der Waals surface area contributed by atoms with Crippen LogP contribution in [-0.4, -0.2) is 11.2 Å². The molecule has 0 fully saturated rings. The molecule has 104 valence electrons. The van der Waals surface area contributed by atoms with Gasteiger partial charge in [0, 0.05) is 11.4 Å². The second-order valence-corrected chi connectivity index (χ2v) is 5.83. The Morgan fingerprint density at radius 1 is 1.15 bits per heavy atom. The number of rotatable bonds is 5. The molecule has 0 saturated heterocycles. The second kappa shape index (κ2) is 7.10. The Bertz CT molecular complexity index is 556. The Balaban J connectivity index is 1.84. The molecule has 0 heterocycles. The third-order valence-electron chi connectivity index (χ3n) is 2.81. The number of nitrogens with one attached hydrogen (secondary N) is 1. The van der Waals surface area contributed by atoms with Gasteiger partial charge in [-0.15, -0.1) is 11.8 Å². The van der Waals surface area contributed by atoms with Crippen LogP contribution >= 0.6 is 11.8 Å². The van der Waals surface area contributed by atoms with Crippen LogP contribution in [0, 0.1) is 5.82 Å². The normalized spacial score (nSPS) is 11.9. The fraction of sp³-hybridized carbons (Fsp3) is 0.188. The summed E-state index contributed by atoms with van der Waals surface area (Å²) >= 11 is 1.42. The number of carbonyl (C=O) groups is 1. The van der Waals surface area contributed by atoms with Crippen LogP contribution in [0.5, 0.6) is 0 Å². The maximum Gasteiger partial charge on any atom is 0.233 e. The first-order valence-electron chi connectivity index (χ1n) is 6.39. The highest BCUT2D eigenvalue weighted by molar-refractivity contribution is 8.00. The van der Waals surface area contributed by atoms with Crippen LogP contribution in [0.15, 0.2) is 59.5 Å². The number of thioether (sulfide) groups is 1. The van der Waals surface area contributed by atoms with E-state index in [0.29, 0.717) is 6.54 Å². The molecule has 20 heavy (non-hydrogen) atoms.